The molecular formula is C22H24N4O2. The number of carbonyl (C=O) groups is 1. The highest BCUT2D eigenvalue weighted by atomic mass is 16.5. The number of ether oxygens (including phenoxy) is 1. The average molecular weight is 376 g/mol. The summed E-state index contributed by atoms with van der Waals surface area (Å²) in [5.41, 5.74) is 3.43. The molecule has 28 heavy (non-hydrogen) atoms. The van der Waals surface area contributed by atoms with Crippen molar-refractivity contribution >= 4 is 17.5 Å². The van der Waals surface area contributed by atoms with Crippen molar-refractivity contribution in [1.82, 2.24) is 9.97 Å². The van der Waals surface area contributed by atoms with Crippen molar-refractivity contribution < 1.29 is 9.53 Å². The summed E-state index contributed by atoms with van der Waals surface area (Å²) in [5.74, 6) is 1.14. The first-order valence-electron chi connectivity index (χ1n) is 9.18. The highest BCUT2D eigenvalue weighted by molar-refractivity contribution is 6.05. The van der Waals surface area contributed by atoms with Gasteiger partial charge < -0.3 is 15.0 Å². The SMILES string of the molecule is CCN(C(=O)c1cnc(NCc2ccccc2OC)nc1)c1cccc(C)c1. The Labute approximate surface area is 165 Å². The number of amides is 1. The van der Waals surface area contributed by atoms with E-state index < -0.39 is 0 Å². The first-order valence-corrected chi connectivity index (χ1v) is 9.18. The van der Waals surface area contributed by atoms with Crippen molar-refractivity contribution in [2.45, 2.75) is 20.4 Å². The molecule has 0 bridgehead atoms. The van der Waals surface area contributed by atoms with E-state index in [0.717, 1.165) is 22.6 Å². The molecule has 2 aromatic carbocycles. The minimum Gasteiger partial charge on any atom is -0.496 e. The molecular weight excluding hydrogens is 352 g/mol. The van der Waals surface area contributed by atoms with Crippen LogP contribution in [0.2, 0.25) is 0 Å². The van der Waals surface area contributed by atoms with Crippen LogP contribution in [-0.2, 0) is 6.54 Å². The van der Waals surface area contributed by atoms with Gasteiger partial charge in [0, 0.05) is 36.7 Å². The van der Waals surface area contributed by atoms with Crippen LogP contribution in [-0.4, -0.2) is 29.5 Å². The molecule has 1 N–H and O–H groups in total. The van der Waals surface area contributed by atoms with Gasteiger partial charge in [-0.05, 0) is 37.6 Å². The molecule has 0 saturated heterocycles. The molecule has 144 valence electrons. The second-order valence-corrected chi connectivity index (χ2v) is 6.35. The molecule has 0 unspecified atom stereocenters. The Bertz CT molecular complexity index is 941. The molecule has 0 aliphatic heterocycles. The summed E-state index contributed by atoms with van der Waals surface area (Å²) < 4.78 is 5.34. The summed E-state index contributed by atoms with van der Waals surface area (Å²) in [7, 11) is 1.64. The van der Waals surface area contributed by atoms with E-state index in [9.17, 15) is 4.79 Å². The maximum Gasteiger partial charge on any atom is 0.261 e. The van der Waals surface area contributed by atoms with Crippen LogP contribution >= 0.6 is 0 Å². The van der Waals surface area contributed by atoms with Gasteiger partial charge in [0.2, 0.25) is 5.95 Å². The number of para-hydroxylation sites is 1. The number of anilines is 2. The van der Waals surface area contributed by atoms with E-state index in [1.807, 2.05) is 62.4 Å². The lowest BCUT2D eigenvalue weighted by atomic mass is 10.2. The van der Waals surface area contributed by atoms with Gasteiger partial charge in [-0.2, -0.15) is 0 Å². The molecule has 3 rings (SSSR count). The highest BCUT2D eigenvalue weighted by Crippen LogP contribution is 2.20. The number of hydrogen-bond donors (Lipinski definition) is 1. The Morgan fingerprint density at radius 3 is 2.54 bits per heavy atom. The van der Waals surface area contributed by atoms with E-state index in [-0.39, 0.29) is 5.91 Å². The Hall–Kier alpha value is -3.41. The van der Waals surface area contributed by atoms with Crippen LogP contribution in [0, 0.1) is 6.92 Å². The number of carbonyl (C=O) groups excluding carboxylic acids is 1. The molecule has 0 atom stereocenters. The summed E-state index contributed by atoms with van der Waals surface area (Å²) in [5, 5.41) is 3.16. The van der Waals surface area contributed by atoms with E-state index in [1.54, 1.807) is 24.4 Å². The molecule has 0 fully saturated rings. The molecule has 0 spiro atoms. The van der Waals surface area contributed by atoms with E-state index >= 15 is 0 Å². The predicted molar refractivity (Wildman–Crippen MR) is 111 cm³/mol. The monoisotopic (exact) mass is 376 g/mol. The van der Waals surface area contributed by atoms with Gasteiger partial charge in [-0.3, -0.25) is 4.79 Å². The molecule has 6 heteroatoms. The Kier molecular flexibility index (Phi) is 6.22. The maximum atomic E-state index is 12.9. The fourth-order valence-electron chi connectivity index (χ4n) is 2.95. The van der Waals surface area contributed by atoms with Crippen molar-refractivity contribution in [1.29, 1.82) is 0 Å². The van der Waals surface area contributed by atoms with E-state index in [4.69, 9.17) is 4.74 Å². The van der Waals surface area contributed by atoms with Gasteiger partial charge in [-0.1, -0.05) is 30.3 Å². The van der Waals surface area contributed by atoms with Crippen LogP contribution in [0.4, 0.5) is 11.6 Å². The van der Waals surface area contributed by atoms with Crippen LogP contribution in [0.1, 0.15) is 28.4 Å². The number of hydrogen-bond acceptors (Lipinski definition) is 5. The molecule has 6 nitrogen and oxygen atoms in total. The fraction of sp³-hybridized carbons (Fsp3) is 0.227. The van der Waals surface area contributed by atoms with Gasteiger partial charge in [-0.15, -0.1) is 0 Å². The lowest BCUT2D eigenvalue weighted by Gasteiger charge is -2.21. The van der Waals surface area contributed by atoms with Gasteiger partial charge in [0.15, 0.2) is 0 Å². The van der Waals surface area contributed by atoms with Crippen molar-refractivity contribution in [3.63, 3.8) is 0 Å². The first-order chi connectivity index (χ1) is 13.6. The van der Waals surface area contributed by atoms with Crippen LogP contribution < -0.4 is 15.0 Å². The van der Waals surface area contributed by atoms with Crippen LogP contribution in [0.3, 0.4) is 0 Å². The fourth-order valence-corrected chi connectivity index (χ4v) is 2.95. The minimum atomic E-state index is -0.121. The van der Waals surface area contributed by atoms with Crippen LogP contribution in [0.15, 0.2) is 60.9 Å². The summed E-state index contributed by atoms with van der Waals surface area (Å²) >= 11 is 0. The summed E-state index contributed by atoms with van der Waals surface area (Å²) in [6.07, 6.45) is 3.11. The molecule has 1 aromatic heterocycles. The number of rotatable bonds is 7. The number of aromatic nitrogens is 2. The van der Waals surface area contributed by atoms with Crippen molar-refractivity contribution in [3.8, 4) is 5.75 Å². The minimum absolute atomic E-state index is 0.121. The molecule has 3 aromatic rings. The normalized spacial score (nSPS) is 10.4. The van der Waals surface area contributed by atoms with Crippen molar-refractivity contribution in [3.05, 3.63) is 77.6 Å². The average Bonchev–Trinajstić information content (AvgIpc) is 2.73. The zero-order valence-corrected chi connectivity index (χ0v) is 16.3. The molecule has 0 aliphatic rings. The third-order valence-corrected chi connectivity index (χ3v) is 4.40. The quantitative estimate of drug-likeness (QED) is 0.673. The van der Waals surface area contributed by atoms with Crippen LogP contribution in [0.25, 0.3) is 0 Å². The third kappa shape index (κ3) is 4.46. The molecule has 1 heterocycles. The van der Waals surface area contributed by atoms with Gasteiger partial charge >= 0.3 is 0 Å². The highest BCUT2D eigenvalue weighted by Gasteiger charge is 2.17. The number of aryl methyl sites for hydroxylation is 1. The van der Waals surface area contributed by atoms with Crippen LogP contribution in [0.5, 0.6) is 5.75 Å². The van der Waals surface area contributed by atoms with Crippen molar-refractivity contribution in [2.75, 3.05) is 23.9 Å². The maximum absolute atomic E-state index is 12.9. The van der Waals surface area contributed by atoms with Gasteiger partial charge in [0.05, 0.1) is 12.7 Å². The summed E-state index contributed by atoms with van der Waals surface area (Å²) in [6, 6.07) is 15.6. The second kappa shape index (κ2) is 8.99. The summed E-state index contributed by atoms with van der Waals surface area (Å²) in [6.45, 7) is 5.05. The smallest absolute Gasteiger partial charge is 0.261 e. The van der Waals surface area contributed by atoms with Gasteiger partial charge in [0.25, 0.3) is 5.91 Å². The number of methoxy groups -OCH3 is 1. The Morgan fingerprint density at radius 2 is 1.86 bits per heavy atom. The second-order valence-electron chi connectivity index (χ2n) is 6.35. The zero-order valence-electron chi connectivity index (χ0n) is 16.3. The zero-order chi connectivity index (χ0) is 19.9. The lowest BCUT2D eigenvalue weighted by molar-refractivity contribution is 0.0987. The third-order valence-electron chi connectivity index (χ3n) is 4.40. The molecule has 1 amide bonds. The van der Waals surface area contributed by atoms with Gasteiger partial charge in [-0.25, -0.2) is 9.97 Å². The van der Waals surface area contributed by atoms with Gasteiger partial charge in [0.1, 0.15) is 5.75 Å². The topological polar surface area (TPSA) is 67.4 Å². The first kappa shape index (κ1) is 19.4. The standard InChI is InChI=1S/C22H24N4O2/c1-4-26(19-10-7-8-16(2)12-19)21(27)18-14-24-22(25-15-18)23-13-17-9-5-6-11-20(17)28-3/h5-12,14-15H,4,13H2,1-3H3,(H,23,24,25). The lowest BCUT2D eigenvalue weighted by Crippen LogP contribution is -2.30. The van der Waals surface area contributed by atoms with E-state index in [1.165, 1.54) is 0 Å². The molecule has 0 radical (unpaired) electrons. The van der Waals surface area contributed by atoms with E-state index in [2.05, 4.69) is 15.3 Å². The number of benzene rings is 2. The van der Waals surface area contributed by atoms with Crippen molar-refractivity contribution in [2.24, 2.45) is 0 Å². The largest absolute Gasteiger partial charge is 0.496 e. The predicted octanol–water partition coefficient (Wildman–Crippen LogP) is 4.07. The number of nitrogens with one attached hydrogen (secondary N) is 1. The summed E-state index contributed by atoms with van der Waals surface area (Å²) in [4.78, 5) is 23.2. The molecule has 0 aliphatic carbocycles. The Balaban J connectivity index is 1.70. The molecule has 0 saturated carbocycles. The van der Waals surface area contributed by atoms with E-state index in [0.29, 0.717) is 24.6 Å². The Morgan fingerprint density at radius 1 is 1.11 bits per heavy atom. The number of nitrogens with zero attached hydrogens (tertiary/aromatic N) is 3.